The van der Waals surface area contributed by atoms with Crippen molar-refractivity contribution in [2.24, 2.45) is 0 Å². The molecule has 0 rings (SSSR count). The monoisotopic (exact) mass is 240 g/mol. The second-order valence-corrected chi connectivity index (χ2v) is 2.18. The van der Waals surface area contributed by atoms with Gasteiger partial charge in [-0.25, -0.2) is 9.59 Å². The molecule has 0 amide bonds. The van der Waals surface area contributed by atoms with Crippen LogP contribution < -0.4 is 0 Å². The zero-order chi connectivity index (χ0) is 12.9. The van der Waals surface area contributed by atoms with Gasteiger partial charge in [-0.2, -0.15) is 0 Å². The standard InChI is InChI=1S/C4H4N2O10/c7-3(8)1(15-5(11)12)2(4(9)10)16-6(13)14/h1-2H,(H,7,8)(H,9,10)/t1-,2-/m0/s1. The number of carboxylic acids is 2. The smallest absolute Gasteiger partial charge is 0.335 e. The van der Waals surface area contributed by atoms with Crippen LogP contribution in [0.3, 0.4) is 0 Å². The predicted molar refractivity (Wildman–Crippen MR) is 39.0 cm³/mol. The Morgan fingerprint density at radius 3 is 1.31 bits per heavy atom. The van der Waals surface area contributed by atoms with Crippen molar-refractivity contribution in [1.29, 1.82) is 0 Å². The molecule has 2 atom stereocenters. The van der Waals surface area contributed by atoms with Crippen LogP contribution in [0, 0.1) is 20.2 Å². The zero-order valence-electron chi connectivity index (χ0n) is 7.21. The van der Waals surface area contributed by atoms with E-state index in [9.17, 15) is 29.8 Å². The van der Waals surface area contributed by atoms with Gasteiger partial charge in [-0.15, -0.1) is 20.2 Å². The quantitative estimate of drug-likeness (QED) is 0.384. The first-order valence-electron chi connectivity index (χ1n) is 3.33. The maximum Gasteiger partial charge on any atom is 0.335 e. The summed E-state index contributed by atoms with van der Waals surface area (Å²) in [5.74, 6) is -4.18. The zero-order valence-corrected chi connectivity index (χ0v) is 7.21. The maximum atomic E-state index is 10.4. The van der Waals surface area contributed by atoms with E-state index in [4.69, 9.17) is 10.2 Å². The topological polar surface area (TPSA) is 179 Å². The van der Waals surface area contributed by atoms with Gasteiger partial charge >= 0.3 is 11.9 Å². The molecule has 0 aromatic rings. The average molecular weight is 240 g/mol. The summed E-state index contributed by atoms with van der Waals surface area (Å²) in [6, 6.07) is 0. The van der Waals surface area contributed by atoms with Crippen LogP contribution in [0.1, 0.15) is 0 Å². The summed E-state index contributed by atoms with van der Waals surface area (Å²) in [6.45, 7) is 0. The molecule has 16 heavy (non-hydrogen) atoms. The number of carbonyl (C=O) groups is 2. The molecule has 0 saturated carbocycles. The van der Waals surface area contributed by atoms with Crippen LogP contribution in [-0.4, -0.2) is 44.5 Å². The number of rotatable bonds is 7. The van der Waals surface area contributed by atoms with Crippen molar-refractivity contribution in [3.05, 3.63) is 20.2 Å². The number of hydrogen-bond acceptors (Lipinski definition) is 8. The summed E-state index contributed by atoms with van der Waals surface area (Å²) in [5, 5.41) is 33.2. The molecular weight excluding hydrogens is 236 g/mol. The third-order valence-electron chi connectivity index (χ3n) is 1.16. The Labute approximate surface area is 85.2 Å². The van der Waals surface area contributed by atoms with E-state index >= 15 is 0 Å². The van der Waals surface area contributed by atoms with E-state index in [0.29, 0.717) is 0 Å². The molecule has 0 aliphatic rings. The molecule has 0 aliphatic carbocycles. The van der Waals surface area contributed by atoms with Crippen LogP contribution >= 0.6 is 0 Å². The van der Waals surface area contributed by atoms with Crippen molar-refractivity contribution < 1.29 is 39.7 Å². The third kappa shape index (κ3) is 4.03. The molecular formula is C4H4N2O10. The van der Waals surface area contributed by atoms with Gasteiger partial charge in [0.2, 0.25) is 12.2 Å². The van der Waals surface area contributed by atoms with E-state index in [0.717, 1.165) is 0 Å². The first kappa shape index (κ1) is 13.3. The van der Waals surface area contributed by atoms with Gasteiger partial charge in [0.05, 0.1) is 0 Å². The first-order chi connectivity index (χ1) is 7.25. The molecule has 0 saturated heterocycles. The number of carboxylic acid groups (broad SMARTS) is 2. The van der Waals surface area contributed by atoms with E-state index in [1.807, 2.05) is 0 Å². The minimum Gasteiger partial charge on any atom is -0.480 e. The van der Waals surface area contributed by atoms with Gasteiger partial charge < -0.3 is 10.2 Å². The lowest BCUT2D eigenvalue weighted by Crippen LogP contribution is -2.45. The van der Waals surface area contributed by atoms with Gasteiger partial charge in [0.25, 0.3) is 10.2 Å². The molecule has 0 spiro atoms. The van der Waals surface area contributed by atoms with Crippen LogP contribution in [0.15, 0.2) is 0 Å². The second kappa shape index (κ2) is 5.28. The first-order valence-corrected chi connectivity index (χ1v) is 3.33. The van der Waals surface area contributed by atoms with Gasteiger partial charge in [0.1, 0.15) is 0 Å². The highest BCUT2D eigenvalue weighted by Crippen LogP contribution is 2.06. The highest BCUT2D eigenvalue weighted by atomic mass is 17.0. The summed E-state index contributed by atoms with van der Waals surface area (Å²) >= 11 is 0. The van der Waals surface area contributed by atoms with Crippen molar-refractivity contribution in [2.75, 3.05) is 0 Å². The molecule has 0 aromatic carbocycles. The third-order valence-corrected chi connectivity index (χ3v) is 1.16. The highest BCUT2D eigenvalue weighted by Gasteiger charge is 2.40. The largest absolute Gasteiger partial charge is 0.480 e. The lowest BCUT2D eigenvalue weighted by molar-refractivity contribution is -0.792. The Balaban J connectivity index is 4.93. The van der Waals surface area contributed by atoms with Crippen molar-refractivity contribution in [2.45, 2.75) is 12.2 Å². The van der Waals surface area contributed by atoms with Crippen molar-refractivity contribution in [3.63, 3.8) is 0 Å². The fraction of sp³-hybridized carbons (Fsp3) is 0.500. The van der Waals surface area contributed by atoms with Gasteiger partial charge in [0, 0.05) is 0 Å². The summed E-state index contributed by atoms with van der Waals surface area (Å²) in [5.41, 5.74) is 0. The van der Waals surface area contributed by atoms with E-state index < -0.39 is 34.3 Å². The van der Waals surface area contributed by atoms with Crippen LogP contribution in [0.4, 0.5) is 0 Å². The number of nitrogens with zero attached hydrogens (tertiary/aromatic N) is 2. The van der Waals surface area contributed by atoms with Crippen LogP contribution in [-0.2, 0) is 19.3 Å². The molecule has 0 bridgehead atoms. The lowest BCUT2D eigenvalue weighted by atomic mass is 10.2. The number of aliphatic carboxylic acids is 2. The molecule has 0 radical (unpaired) electrons. The summed E-state index contributed by atoms with van der Waals surface area (Å²) in [4.78, 5) is 47.3. The Hall–Kier alpha value is -2.66. The Morgan fingerprint density at radius 2 is 1.19 bits per heavy atom. The molecule has 90 valence electrons. The van der Waals surface area contributed by atoms with Gasteiger partial charge in [-0.3, -0.25) is 9.68 Å². The van der Waals surface area contributed by atoms with E-state index in [2.05, 4.69) is 9.68 Å². The van der Waals surface area contributed by atoms with Crippen molar-refractivity contribution >= 4 is 11.9 Å². The second-order valence-electron chi connectivity index (χ2n) is 2.18. The van der Waals surface area contributed by atoms with Gasteiger partial charge in [0.15, 0.2) is 0 Å². The molecule has 12 heteroatoms. The molecule has 0 heterocycles. The van der Waals surface area contributed by atoms with Crippen LogP contribution in [0.5, 0.6) is 0 Å². The molecule has 2 N–H and O–H groups in total. The summed E-state index contributed by atoms with van der Waals surface area (Å²) in [7, 11) is 0. The van der Waals surface area contributed by atoms with Crippen LogP contribution in [0.2, 0.25) is 0 Å². The SMILES string of the molecule is O=C(O)[C@@H](O[N+](=O)[O-])[C@H](O[N+](=O)[O-])C(=O)O. The average Bonchev–Trinajstić information content (AvgIpc) is 2.09. The maximum absolute atomic E-state index is 10.4. The van der Waals surface area contributed by atoms with E-state index in [1.165, 1.54) is 0 Å². The van der Waals surface area contributed by atoms with Crippen molar-refractivity contribution in [1.82, 2.24) is 0 Å². The van der Waals surface area contributed by atoms with E-state index in [1.54, 1.807) is 0 Å². The lowest BCUT2D eigenvalue weighted by Gasteiger charge is -2.15. The van der Waals surface area contributed by atoms with Crippen molar-refractivity contribution in [3.8, 4) is 0 Å². The fourth-order valence-electron chi connectivity index (χ4n) is 0.645. The summed E-state index contributed by atoms with van der Waals surface area (Å²) < 4.78 is 0. The highest BCUT2D eigenvalue weighted by molar-refractivity contribution is 5.83. The van der Waals surface area contributed by atoms with Gasteiger partial charge in [-0.05, 0) is 0 Å². The van der Waals surface area contributed by atoms with Crippen LogP contribution in [0.25, 0.3) is 0 Å². The molecule has 12 nitrogen and oxygen atoms in total. The fourth-order valence-corrected chi connectivity index (χ4v) is 0.645. The predicted octanol–water partition coefficient (Wildman–Crippen LogP) is -1.69. The Kier molecular flexibility index (Phi) is 4.40. The van der Waals surface area contributed by atoms with Gasteiger partial charge in [-0.1, -0.05) is 0 Å². The molecule has 0 fully saturated rings. The number of hydrogen-bond donors (Lipinski definition) is 2. The Morgan fingerprint density at radius 1 is 0.938 bits per heavy atom. The minimum absolute atomic E-state index is 1.60. The molecule has 0 unspecified atom stereocenters. The summed E-state index contributed by atoms with van der Waals surface area (Å²) in [6.07, 6.45) is -5.28. The minimum atomic E-state index is -2.64. The normalized spacial score (nSPS) is 13.2. The van der Waals surface area contributed by atoms with E-state index in [-0.39, 0.29) is 0 Å². The molecule has 0 aliphatic heterocycles. The Bertz CT molecular complexity index is 293. The molecule has 0 aromatic heterocycles.